The van der Waals surface area contributed by atoms with Crippen molar-refractivity contribution in [3.8, 4) is 11.5 Å². The van der Waals surface area contributed by atoms with Gasteiger partial charge < -0.3 is 4.74 Å². The first-order valence-corrected chi connectivity index (χ1v) is 10.7. The summed E-state index contributed by atoms with van der Waals surface area (Å²) in [6.45, 7) is 5.62. The van der Waals surface area contributed by atoms with Crippen LogP contribution in [0.15, 0.2) is 61.2 Å². The summed E-state index contributed by atoms with van der Waals surface area (Å²) in [5, 5.41) is 0. The number of fused-ring (bicyclic) bond motifs is 1. The maximum absolute atomic E-state index is 14.0. The molecule has 5 heteroatoms. The summed E-state index contributed by atoms with van der Waals surface area (Å²) in [6, 6.07) is 15.6. The lowest BCUT2D eigenvalue weighted by atomic mass is 9.95. The van der Waals surface area contributed by atoms with Crippen molar-refractivity contribution in [1.82, 2.24) is 9.88 Å². The van der Waals surface area contributed by atoms with Crippen molar-refractivity contribution in [2.75, 3.05) is 6.54 Å². The highest BCUT2D eigenvalue weighted by atomic mass is 19.1. The molecule has 0 unspecified atom stereocenters. The van der Waals surface area contributed by atoms with Crippen molar-refractivity contribution in [2.24, 2.45) is 5.92 Å². The zero-order chi connectivity index (χ0) is 21.4. The Hall–Kier alpha value is -3.05. The van der Waals surface area contributed by atoms with Crippen molar-refractivity contribution in [3.05, 3.63) is 95.3 Å². The van der Waals surface area contributed by atoms with Crippen LogP contribution in [0.1, 0.15) is 41.4 Å². The molecule has 1 aromatic heterocycles. The number of halogens is 2. The topological polar surface area (TPSA) is 25.4 Å². The fourth-order valence-electron chi connectivity index (χ4n) is 4.43. The Labute approximate surface area is 181 Å². The van der Waals surface area contributed by atoms with Crippen molar-refractivity contribution in [3.63, 3.8) is 0 Å². The van der Waals surface area contributed by atoms with Gasteiger partial charge in [0.15, 0.2) is 11.6 Å². The third-order valence-corrected chi connectivity index (χ3v) is 6.11. The zero-order valence-electron chi connectivity index (χ0n) is 17.2. The lowest BCUT2D eigenvalue weighted by Crippen LogP contribution is -2.35. The minimum atomic E-state index is -0.707. The van der Waals surface area contributed by atoms with Crippen LogP contribution >= 0.6 is 0 Å². The zero-order valence-corrected chi connectivity index (χ0v) is 17.2. The minimum absolute atomic E-state index is 0.0234. The van der Waals surface area contributed by atoms with E-state index < -0.39 is 11.6 Å². The van der Waals surface area contributed by atoms with Crippen LogP contribution in [-0.2, 0) is 13.0 Å². The monoisotopic (exact) mass is 418 g/mol. The molecule has 0 radical (unpaired) electrons. The average Bonchev–Trinajstić information content (AvgIpc) is 3.61. The third kappa shape index (κ3) is 4.23. The second-order valence-corrected chi connectivity index (χ2v) is 8.30. The number of hydrogen-bond donors (Lipinski definition) is 0. The Balaban J connectivity index is 1.39. The summed E-state index contributed by atoms with van der Waals surface area (Å²) in [6.07, 6.45) is 5.18. The van der Waals surface area contributed by atoms with Gasteiger partial charge in [0.2, 0.25) is 0 Å². The van der Waals surface area contributed by atoms with Crippen LogP contribution in [0.2, 0.25) is 0 Å². The molecule has 2 aliphatic rings. The van der Waals surface area contributed by atoms with E-state index in [1.54, 1.807) is 6.08 Å². The Morgan fingerprint density at radius 1 is 1.06 bits per heavy atom. The fourth-order valence-corrected chi connectivity index (χ4v) is 4.43. The molecule has 1 saturated carbocycles. The summed E-state index contributed by atoms with van der Waals surface area (Å²) < 4.78 is 32.9. The molecule has 158 valence electrons. The van der Waals surface area contributed by atoms with E-state index in [1.807, 2.05) is 24.3 Å². The van der Waals surface area contributed by atoms with Gasteiger partial charge in [0.05, 0.1) is 17.4 Å². The summed E-state index contributed by atoms with van der Waals surface area (Å²) in [5.41, 5.74) is 4.46. The molecule has 0 N–H and O–H groups in total. The van der Waals surface area contributed by atoms with Crippen LogP contribution < -0.4 is 4.74 Å². The molecule has 1 fully saturated rings. The number of nitrogens with zero attached hydrogens (tertiary/aromatic N) is 2. The first kappa shape index (κ1) is 19.9. The summed E-state index contributed by atoms with van der Waals surface area (Å²) >= 11 is 0. The van der Waals surface area contributed by atoms with Crippen LogP contribution in [0.25, 0.3) is 6.08 Å². The number of hydrogen-bond acceptors (Lipinski definition) is 3. The highest BCUT2D eigenvalue weighted by Gasteiger charge is 2.38. The molecule has 1 aliphatic carbocycles. The molecule has 1 atom stereocenters. The van der Waals surface area contributed by atoms with Crippen molar-refractivity contribution in [2.45, 2.75) is 31.8 Å². The van der Waals surface area contributed by atoms with Gasteiger partial charge in [0, 0.05) is 19.2 Å². The van der Waals surface area contributed by atoms with E-state index in [4.69, 9.17) is 9.72 Å². The minimum Gasteiger partial charge on any atom is -0.454 e. The van der Waals surface area contributed by atoms with Crippen LogP contribution in [0.4, 0.5) is 8.78 Å². The normalized spacial score (nSPS) is 17.1. The van der Waals surface area contributed by atoms with E-state index in [0.717, 1.165) is 37.0 Å². The second-order valence-electron chi connectivity index (χ2n) is 8.30. The molecule has 5 rings (SSSR count). The van der Waals surface area contributed by atoms with Crippen LogP contribution in [-0.4, -0.2) is 16.4 Å². The highest BCUT2D eigenvalue weighted by molar-refractivity contribution is 5.42. The average molecular weight is 418 g/mol. The van der Waals surface area contributed by atoms with Gasteiger partial charge >= 0.3 is 0 Å². The van der Waals surface area contributed by atoms with Crippen LogP contribution in [0, 0.1) is 17.6 Å². The first-order valence-electron chi connectivity index (χ1n) is 10.7. The molecular formula is C26H24F2N2O. The predicted molar refractivity (Wildman–Crippen MR) is 117 cm³/mol. The molecule has 2 aromatic carbocycles. The summed E-state index contributed by atoms with van der Waals surface area (Å²) in [4.78, 5) is 7.31. The van der Waals surface area contributed by atoms with E-state index in [-0.39, 0.29) is 11.8 Å². The largest absolute Gasteiger partial charge is 0.454 e. The second kappa shape index (κ2) is 8.23. The van der Waals surface area contributed by atoms with E-state index in [0.29, 0.717) is 11.7 Å². The van der Waals surface area contributed by atoms with Gasteiger partial charge in [-0.1, -0.05) is 18.7 Å². The summed E-state index contributed by atoms with van der Waals surface area (Å²) in [5.74, 6) is -0.120. The van der Waals surface area contributed by atoms with Gasteiger partial charge in [0.1, 0.15) is 11.6 Å². The smallest absolute Gasteiger partial charge is 0.168 e. The van der Waals surface area contributed by atoms with Crippen molar-refractivity contribution in [1.29, 1.82) is 0 Å². The number of rotatable bonds is 6. The number of aromatic nitrogens is 1. The lowest BCUT2D eigenvalue weighted by molar-refractivity contribution is 0.156. The van der Waals surface area contributed by atoms with E-state index in [1.165, 1.54) is 36.1 Å². The number of pyridine rings is 1. The molecule has 3 nitrogen and oxygen atoms in total. The first-order chi connectivity index (χ1) is 15.1. The number of ether oxygens (including phenoxy) is 1. The molecule has 3 aromatic rings. The Morgan fingerprint density at radius 3 is 2.71 bits per heavy atom. The lowest BCUT2D eigenvalue weighted by Gasteiger charge is -2.36. The van der Waals surface area contributed by atoms with Gasteiger partial charge in [-0.2, -0.15) is 0 Å². The van der Waals surface area contributed by atoms with E-state index >= 15 is 0 Å². The maximum atomic E-state index is 14.0. The molecule has 0 amide bonds. The SMILES string of the molecule is C=Cc1cccc([C@@H](C2CC2)N2CCc3ccc(Oc4ccc(F)cc4F)cc3C2)n1. The van der Waals surface area contributed by atoms with E-state index in [2.05, 4.69) is 23.6 Å². The summed E-state index contributed by atoms with van der Waals surface area (Å²) in [7, 11) is 0. The fraction of sp³-hybridized carbons (Fsp3) is 0.269. The molecule has 0 spiro atoms. The van der Waals surface area contributed by atoms with Gasteiger partial charge in [-0.3, -0.25) is 9.88 Å². The highest BCUT2D eigenvalue weighted by Crippen LogP contribution is 2.45. The van der Waals surface area contributed by atoms with Crippen LogP contribution in [0.3, 0.4) is 0 Å². The molecule has 0 bridgehead atoms. The van der Waals surface area contributed by atoms with E-state index in [9.17, 15) is 8.78 Å². The molecule has 1 aliphatic heterocycles. The number of benzene rings is 2. The standard InChI is InChI=1S/C26H24F2N2O/c1-2-21-4-3-5-24(29-21)26(18-6-7-18)30-13-12-17-8-10-22(14-19(17)16-30)31-25-11-9-20(27)15-23(25)28/h2-5,8-11,14-15,18,26H,1,6-7,12-13,16H2/t26-/m1/s1. The Morgan fingerprint density at radius 2 is 1.94 bits per heavy atom. The molecule has 31 heavy (non-hydrogen) atoms. The molecule has 0 saturated heterocycles. The van der Waals surface area contributed by atoms with Crippen molar-refractivity contribution < 1.29 is 13.5 Å². The predicted octanol–water partition coefficient (Wildman–Crippen LogP) is 6.30. The van der Waals surface area contributed by atoms with Gasteiger partial charge in [-0.15, -0.1) is 0 Å². The van der Waals surface area contributed by atoms with Crippen molar-refractivity contribution >= 4 is 6.08 Å². The maximum Gasteiger partial charge on any atom is 0.168 e. The Kier molecular flexibility index (Phi) is 5.28. The van der Waals surface area contributed by atoms with Gasteiger partial charge in [-0.25, -0.2) is 8.78 Å². The van der Waals surface area contributed by atoms with Gasteiger partial charge in [-0.05, 0) is 78.8 Å². The van der Waals surface area contributed by atoms with Gasteiger partial charge in [0.25, 0.3) is 0 Å². The molecular weight excluding hydrogens is 394 g/mol. The third-order valence-electron chi connectivity index (χ3n) is 6.11. The Bertz CT molecular complexity index is 1130. The molecule has 2 heterocycles. The van der Waals surface area contributed by atoms with Crippen LogP contribution in [0.5, 0.6) is 11.5 Å². The quantitative estimate of drug-likeness (QED) is 0.469.